The SMILES string of the molecule is COc1ccc2nc3c(n2c1)C(=O)C(=O)c1ccccc1-3. The summed E-state index contributed by atoms with van der Waals surface area (Å²) in [6.07, 6.45) is 1.67. The van der Waals surface area contributed by atoms with Crippen LogP contribution in [0.3, 0.4) is 0 Å². The highest BCUT2D eigenvalue weighted by Crippen LogP contribution is 2.33. The molecule has 1 aliphatic carbocycles. The van der Waals surface area contributed by atoms with E-state index < -0.39 is 11.6 Å². The van der Waals surface area contributed by atoms with E-state index in [1.54, 1.807) is 42.0 Å². The molecule has 2 aromatic heterocycles. The van der Waals surface area contributed by atoms with Crippen LogP contribution in [0.5, 0.6) is 5.75 Å². The molecule has 0 unspecified atom stereocenters. The zero-order valence-corrected chi connectivity index (χ0v) is 11.2. The minimum atomic E-state index is -0.538. The molecule has 3 aromatic rings. The number of ketones is 2. The Labute approximate surface area is 119 Å². The van der Waals surface area contributed by atoms with E-state index >= 15 is 0 Å². The summed E-state index contributed by atoms with van der Waals surface area (Å²) in [7, 11) is 1.55. The van der Waals surface area contributed by atoms with Gasteiger partial charge in [0, 0.05) is 11.1 Å². The Kier molecular flexibility index (Phi) is 2.27. The van der Waals surface area contributed by atoms with Crippen LogP contribution in [0, 0.1) is 0 Å². The van der Waals surface area contributed by atoms with Gasteiger partial charge in [-0.15, -0.1) is 0 Å². The summed E-state index contributed by atoms with van der Waals surface area (Å²) in [5, 5.41) is 0. The Morgan fingerprint density at radius 3 is 2.52 bits per heavy atom. The van der Waals surface area contributed by atoms with Crippen LogP contribution in [0.2, 0.25) is 0 Å². The monoisotopic (exact) mass is 278 g/mol. The van der Waals surface area contributed by atoms with Crippen molar-refractivity contribution in [2.45, 2.75) is 0 Å². The summed E-state index contributed by atoms with van der Waals surface area (Å²) in [5.41, 5.74) is 2.56. The Hall–Kier alpha value is -2.95. The molecule has 21 heavy (non-hydrogen) atoms. The number of benzene rings is 1. The Morgan fingerprint density at radius 1 is 1.00 bits per heavy atom. The first-order valence-electron chi connectivity index (χ1n) is 6.45. The van der Waals surface area contributed by atoms with Crippen LogP contribution in [0.1, 0.15) is 20.8 Å². The number of imidazole rings is 1. The van der Waals surface area contributed by atoms with E-state index in [4.69, 9.17) is 4.74 Å². The van der Waals surface area contributed by atoms with Gasteiger partial charge in [0.1, 0.15) is 22.8 Å². The number of fused-ring (bicyclic) bond motifs is 5. The number of carbonyl (C=O) groups is 2. The Morgan fingerprint density at radius 2 is 1.76 bits per heavy atom. The average Bonchev–Trinajstić information content (AvgIpc) is 2.91. The zero-order valence-electron chi connectivity index (χ0n) is 11.2. The van der Waals surface area contributed by atoms with Gasteiger partial charge in [0.15, 0.2) is 0 Å². The second-order valence-electron chi connectivity index (χ2n) is 4.81. The van der Waals surface area contributed by atoms with Gasteiger partial charge >= 0.3 is 0 Å². The molecule has 0 fully saturated rings. The Bertz CT molecular complexity index is 924. The molecule has 1 aromatic carbocycles. The molecule has 0 spiro atoms. The molecule has 0 radical (unpaired) electrons. The fourth-order valence-electron chi connectivity index (χ4n) is 2.67. The van der Waals surface area contributed by atoms with Gasteiger partial charge in [-0.05, 0) is 12.1 Å². The van der Waals surface area contributed by atoms with Gasteiger partial charge in [-0.25, -0.2) is 4.98 Å². The maximum atomic E-state index is 12.4. The van der Waals surface area contributed by atoms with E-state index in [9.17, 15) is 9.59 Å². The molecule has 4 rings (SSSR count). The molecule has 0 amide bonds. The maximum absolute atomic E-state index is 12.4. The molecule has 0 bridgehead atoms. The largest absolute Gasteiger partial charge is 0.495 e. The van der Waals surface area contributed by atoms with E-state index in [1.165, 1.54) is 0 Å². The molecule has 102 valence electrons. The first kappa shape index (κ1) is 11.8. The zero-order chi connectivity index (χ0) is 14.6. The number of Topliss-reactive ketones (excluding diaryl/α,β-unsaturated/α-hetero) is 2. The van der Waals surface area contributed by atoms with Crippen molar-refractivity contribution in [1.82, 2.24) is 9.38 Å². The third kappa shape index (κ3) is 1.48. The van der Waals surface area contributed by atoms with Gasteiger partial charge in [0.2, 0.25) is 5.78 Å². The molecule has 2 heterocycles. The van der Waals surface area contributed by atoms with Crippen molar-refractivity contribution in [3.8, 4) is 17.0 Å². The number of hydrogen-bond acceptors (Lipinski definition) is 4. The highest BCUT2D eigenvalue weighted by Gasteiger charge is 2.34. The molecule has 0 atom stereocenters. The molecule has 0 N–H and O–H groups in total. The van der Waals surface area contributed by atoms with Crippen molar-refractivity contribution in [2.24, 2.45) is 0 Å². The Balaban J connectivity index is 2.13. The van der Waals surface area contributed by atoms with E-state index in [1.807, 2.05) is 12.1 Å². The van der Waals surface area contributed by atoms with Crippen molar-refractivity contribution in [3.05, 3.63) is 53.9 Å². The van der Waals surface area contributed by atoms with Crippen LogP contribution in [0.4, 0.5) is 0 Å². The smallest absolute Gasteiger partial charge is 0.252 e. The summed E-state index contributed by atoms with van der Waals surface area (Å²) in [4.78, 5) is 29.1. The van der Waals surface area contributed by atoms with Gasteiger partial charge in [0.25, 0.3) is 5.78 Å². The number of ether oxygens (including phenoxy) is 1. The quantitative estimate of drug-likeness (QED) is 0.641. The lowest BCUT2D eigenvalue weighted by molar-refractivity contribution is 0.0812. The molecule has 0 aliphatic heterocycles. The van der Waals surface area contributed by atoms with Gasteiger partial charge in [-0.2, -0.15) is 0 Å². The molecule has 5 heteroatoms. The second kappa shape index (κ2) is 4.02. The van der Waals surface area contributed by atoms with Crippen LogP contribution in [-0.2, 0) is 0 Å². The van der Waals surface area contributed by atoms with Crippen LogP contribution in [-0.4, -0.2) is 28.1 Å². The molecule has 0 saturated heterocycles. The molecular weight excluding hydrogens is 268 g/mol. The van der Waals surface area contributed by atoms with Crippen molar-refractivity contribution in [2.75, 3.05) is 7.11 Å². The summed E-state index contributed by atoms with van der Waals surface area (Å²) >= 11 is 0. The molecular formula is C16H10N2O3. The standard InChI is InChI=1S/C16H10N2O3/c1-21-9-6-7-12-17-13-10-4-2-3-5-11(10)15(19)16(20)14(13)18(12)8-9/h2-8H,1H3. The average molecular weight is 278 g/mol. The number of rotatable bonds is 1. The lowest BCUT2D eigenvalue weighted by atomic mass is 9.90. The lowest BCUT2D eigenvalue weighted by Gasteiger charge is -2.13. The van der Waals surface area contributed by atoms with Crippen LogP contribution >= 0.6 is 0 Å². The number of aromatic nitrogens is 2. The topological polar surface area (TPSA) is 60.7 Å². The normalized spacial score (nSPS) is 13.2. The summed E-state index contributed by atoms with van der Waals surface area (Å²) in [5.74, 6) is -0.436. The number of nitrogens with zero attached hydrogens (tertiary/aromatic N) is 2. The highest BCUT2D eigenvalue weighted by atomic mass is 16.5. The first-order chi connectivity index (χ1) is 10.2. The minimum absolute atomic E-state index is 0.299. The van der Waals surface area contributed by atoms with Gasteiger partial charge in [-0.3, -0.25) is 14.0 Å². The highest BCUT2D eigenvalue weighted by molar-refractivity contribution is 6.52. The fraction of sp³-hybridized carbons (Fsp3) is 0.0625. The van der Waals surface area contributed by atoms with E-state index in [0.29, 0.717) is 33.9 Å². The third-order valence-corrected chi connectivity index (χ3v) is 3.68. The van der Waals surface area contributed by atoms with Gasteiger partial charge < -0.3 is 4.74 Å². The van der Waals surface area contributed by atoms with Crippen LogP contribution in [0.15, 0.2) is 42.6 Å². The van der Waals surface area contributed by atoms with Crippen molar-refractivity contribution < 1.29 is 14.3 Å². The van der Waals surface area contributed by atoms with Gasteiger partial charge in [0.05, 0.1) is 13.3 Å². The van der Waals surface area contributed by atoms with Crippen LogP contribution < -0.4 is 4.74 Å². The van der Waals surface area contributed by atoms with Crippen molar-refractivity contribution in [3.63, 3.8) is 0 Å². The summed E-state index contributed by atoms with van der Waals surface area (Å²) in [6, 6.07) is 10.6. The minimum Gasteiger partial charge on any atom is -0.495 e. The van der Waals surface area contributed by atoms with Gasteiger partial charge in [-0.1, -0.05) is 24.3 Å². The number of carbonyl (C=O) groups excluding carboxylic acids is 2. The van der Waals surface area contributed by atoms with E-state index in [-0.39, 0.29) is 0 Å². The fourth-order valence-corrected chi connectivity index (χ4v) is 2.67. The predicted molar refractivity (Wildman–Crippen MR) is 75.8 cm³/mol. The third-order valence-electron chi connectivity index (χ3n) is 3.68. The molecule has 0 saturated carbocycles. The molecule has 1 aliphatic rings. The van der Waals surface area contributed by atoms with Crippen molar-refractivity contribution >= 4 is 17.2 Å². The predicted octanol–water partition coefficient (Wildman–Crippen LogP) is 2.39. The van der Waals surface area contributed by atoms with Crippen molar-refractivity contribution in [1.29, 1.82) is 0 Å². The van der Waals surface area contributed by atoms with E-state index in [2.05, 4.69) is 4.98 Å². The van der Waals surface area contributed by atoms with E-state index in [0.717, 1.165) is 0 Å². The number of pyridine rings is 1. The molecule has 5 nitrogen and oxygen atoms in total. The maximum Gasteiger partial charge on any atom is 0.252 e. The summed E-state index contributed by atoms with van der Waals surface area (Å²) < 4.78 is 6.78. The van der Waals surface area contributed by atoms with Crippen LogP contribution in [0.25, 0.3) is 16.9 Å². The lowest BCUT2D eigenvalue weighted by Crippen LogP contribution is -2.22. The number of methoxy groups -OCH3 is 1. The second-order valence-corrected chi connectivity index (χ2v) is 4.81. The number of hydrogen-bond donors (Lipinski definition) is 0. The summed E-state index contributed by atoms with van der Waals surface area (Å²) in [6.45, 7) is 0. The first-order valence-corrected chi connectivity index (χ1v) is 6.45.